The van der Waals surface area contributed by atoms with Crippen LogP contribution in [0.2, 0.25) is 0 Å². The Bertz CT molecular complexity index is 494. The molecular formula is C11H13N3OS. The summed E-state index contributed by atoms with van der Waals surface area (Å²) in [5.41, 5.74) is 6.58. The highest BCUT2D eigenvalue weighted by molar-refractivity contribution is 7.16. The van der Waals surface area contributed by atoms with Gasteiger partial charge in [-0.3, -0.25) is 4.79 Å². The molecule has 0 aliphatic heterocycles. The summed E-state index contributed by atoms with van der Waals surface area (Å²) >= 11 is 1.43. The third-order valence-electron chi connectivity index (χ3n) is 2.97. The minimum atomic E-state index is -0.696. The van der Waals surface area contributed by atoms with Crippen LogP contribution in [0.5, 0.6) is 0 Å². The summed E-state index contributed by atoms with van der Waals surface area (Å²) in [5, 5.41) is 12.4. The summed E-state index contributed by atoms with van der Waals surface area (Å²) in [6, 6.07) is 2.12. The number of nitrogens with two attached hydrogens (primary N) is 1. The van der Waals surface area contributed by atoms with Crippen molar-refractivity contribution in [3.63, 3.8) is 0 Å². The molecule has 0 aromatic carbocycles. The van der Waals surface area contributed by atoms with E-state index in [0.717, 1.165) is 23.3 Å². The number of nitrogens with one attached hydrogen (secondary N) is 1. The number of nitrogens with zero attached hydrogens (tertiary/aromatic N) is 1. The van der Waals surface area contributed by atoms with Crippen LogP contribution in [-0.2, 0) is 4.79 Å². The van der Waals surface area contributed by atoms with E-state index in [9.17, 15) is 4.79 Å². The maximum absolute atomic E-state index is 11.7. The number of rotatable bonds is 2. The van der Waals surface area contributed by atoms with Crippen LogP contribution in [0.3, 0.4) is 0 Å². The highest BCUT2D eigenvalue weighted by atomic mass is 32.1. The van der Waals surface area contributed by atoms with Gasteiger partial charge in [0.25, 0.3) is 0 Å². The van der Waals surface area contributed by atoms with Crippen molar-refractivity contribution in [2.75, 3.05) is 5.32 Å². The molecule has 0 unspecified atom stereocenters. The second kappa shape index (κ2) is 3.58. The minimum Gasteiger partial charge on any atom is -0.317 e. The summed E-state index contributed by atoms with van der Waals surface area (Å²) in [6.45, 7) is 3.82. The SMILES string of the molecule is Cc1sc(NC(=O)C2(N)CC2)c(C#N)c1C. The van der Waals surface area contributed by atoms with E-state index in [1.807, 2.05) is 13.8 Å². The van der Waals surface area contributed by atoms with Crippen LogP contribution in [-0.4, -0.2) is 11.4 Å². The molecule has 1 aliphatic carbocycles. The largest absolute Gasteiger partial charge is 0.317 e. The van der Waals surface area contributed by atoms with Crippen LogP contribution in [0.25, 0.3) is 0 Å². The number of nitriles is 1. The van der Waals surface area contributed by atoms with Crippen LogP contribution >= 0.6 is 11.3 Å². The second-order valence-corrected chi connectivity index (χ2v) is 5.43. The molecule has 4 nitrogen and oxygen atoms in total. The quantitative estimate of drug-likeness (QED) is 0.818. The first-order chi connectivity index (χ1) is 7.48. The number of hydrogen-bond acceptors (Lipinski definition) is 4. The summed E-state index contributed by atoms with van der Waals surface area (Å²) in [6.07, 6.45) is 1.45. The van der Waals surface area contributed by atoms with Crippen molar-refractivity contribution in [1.29, 1.82) is 5.26 Å². The van der Waals surface area contributed by atoms with E-state index >= 15 is 0 Å². The van der Waals surface area contributed by atoms with Crippen molar-refractivity contribution in [2.24, 2.45) is 5.73 Å². The smallest absolute Gasteiger partial charge is 0.245 e. The predicted octanol–water partition coefficient (Wildman–Crippen LogP) is 1.67. The van der Waals surface area contributed by atoms with Gasteiger partial charge in [0.2, 0.25) is 5.91 Å². The molecule has 1 aromatic rings. The lowest BCUT2D eigenvalue weighted by Crippen LogP contribution is -2.37. The Kier molecular flexibility index (Phi) is 2.49. The van der Waals surface area contributed by atoms with Crippen LogP contribution in [0.4, 0.5) is 5.00 Å². The molecule has 1 aliphatic rings. The number of hydrogen-bond donors (Lipinski definition) is 2. The zero-order valence-electron chi connectivity index (χ0n) is 9.26. The lowest BCUT2D eigenvalue weighted by Gasteiger charge is -2.08. The standard InChI is InChI=1S/C11H13N3OS/c1-6-7(2)16-9(8(6)5-12)14-10(15)11(13)3-4-11/h3-4,13H2,1-2H3,(H,14,15). The fourth-order valence-corrected chi connectivity index (χ4v) is 2.44. The number of amides is 1. The highest BCUT2D eigenvalue weighted by Gasteiger charge is 2.46. The van der Waals surface area contributed by atoms with Gasteiger partial charge < -0.3 is 11.1 Å². The van der Waals surface area contributed by atoms with Gasteiger partial charge in [-0.15, -0.1) is 11.3 Å². The van der Waals surface area contributed by atoms with Gasteiger partial charge in [0.1, 0.15) is 11.1 Å². The zero-order chi connectivity index (χ0) is 11.9. The van der Waals surface area contributed by atoms with Gasteiger partial charge in [-0.2, -0.15) is 5.26 Å². The molecule has 2 rings (SSSR count). The van der Waals surface area contributed by atoms with Crippen LogP contribution < -0.4 is 11.1 Å². The van der Waals surface area contributed by atoms with Crippen LogP contribution in [0.15, 0.2) is 0 Å². The fraction of sp³-hybridized carbons (Fsp3) is 0.455. The van der Waals surface area contributed by atoms with Gasteiger partial charge in [-0.05, 0) is 32.3 Å². The van der Waals surface area contributed by atoms with E-state index in [2.05, 4.69) is 11.4 Å². The predicted molar refractivity (Wildman–Crippen MR) is 63.3 cm³/mol. The summed E-state index contributed by atoms with van der Waals surface area (Å²) in [7, 11) is 0. The normalized spacial score (nSPS) is 16.6. The third-order valence-corrected chi connectivity index (χ3v) is 4.09. The molecule has 1 heterocycles. The zero-order valence-corrected chi connectivity index (χ0v) is 10.1. The highest BCUT2D eigenvalue weighted by Crippen LogP contribution is 2.36. The van der Waals surface area contributed by atoms with Gasteiger partial charge >= 0.3 is 0 Å². The van der Waals surface area contributed by atoms with E-state index < -0.39 is 5.54 Å². The van der Waals surface area contributed by atoms with Gasteiger partial charge in [-0.25, -0.2) is 0 Å². The van der Waals surface area contributed by atoms with Gasteiger partial charge in [0, 0.05) is 4.88 Å². The summed E-state index contributed by atoms with van der Waals surface area (Å²) < 4.78 is 0. The van der Waals surface area contributed by atoms with Gasteiger partial charge in [0.05, 0.1) is 11.1 Å². The first kappa shape index (κ1) is 11.1. The molecular weight excluding hydrogens is 222 g/mol. The molecule has 0 saturated heterocycles. The Labute approximate surface area is 98.1 Å². The topological polar surface area (TPSA) is 78.9 Å². The summed E-state index contributed by atoms with van der Waals surface area (Å²) in [4.78, 5) is 12.8. The third kappa shape index (κ3) is 1.70. The fourth-order valence-electron chi connectivity index (χ4n) is 1.44. The first-order valence-electron chi connectivity index (χ1n) is 5.08. The Morgan fingerprint density at radius 2 is 2.19 bits per heavy atom. The average Bonchev–Trinajstić information content (AvgIpc) is 2.92. The molecule has 84 valence electrons. The molecule has 3 N–H and O–H groups in total. The number of carbonyl (C=O) groups is 1. The maximum atomic E-state index is 11.7. The Morgan fingerprint density at radius 1 is 1.56 bits per heavy atom. The molecule has 1 fully saturated rings. The second-order valence-electron chi connectivity index (χ2n) is 4.21. The van der Waals surface area contributed by atoms with Crippen molar-refractivity contribution >= 4 is 22.2 Å². The summed E-state index contributed by atoms with van der Waals surface area (Å²) in [5.74, 6) is -0.176. The van der Waals surface area contributed by atoms with Crippen molar-refractivity contribution in [3.8, 4) is 6.07 Å². The van der Waals surface area contributed by atoms with E-state index in [1.54, 1.807) is 0 Å². The Balaban J connectivity index is 2.25. The van der Waals surface area contributed by atoms with Crippen LogP contribution in [0.1, 0.15) is 28.8 Å². The van der Waals surface area contributed by atoms with E-state index in [1.165, 1.54) is 11.3 Å². The maximum Gasteiger partial charge on any atom is 0.245 e. The molecule has 1 saturated carbocycles. The molecule has 16 heavy (non-hydrogen) atoms. The molecule has 0 atom stereocenters. The number of aryl methyl sites for hydroxylation is 1. The minimum absolute atomic E-state index is 0.176. The van der Waals surface area contributed by atoms with Crippen molar-refractivity contribution < 1.29 is 4.79 Å². The number of anilines is 1. The van der Waals surface area contributed by atoms with Crippen molar-refractivity contribution in [2.45, 2.75) is 32.2 Å². The van der Waals surface area contributed by atoms with Gasteiger partial charge in [0.15, 0.2) is 0 Å². The van der Waals surface area contributed by atoms with Crippen LogP contribution in [0, 0.1) is 25.2 Å². The number of carbonyl (C=O) groups excluding carboxylic acids is 1. The monoisotopic (exact) mass is 235 g/mol. The molecule has 1 aromatic heterocycles. The van der Waals surface area contributed by atoms with Crippen molar-refractivity contribution in [3.05, 3.63) is 16.0 Å². The number of thiophene rings is 1. The molecule has 1 amide bonds. The van der Waals surface area contributed by atoms with E-state index in [-0.39, 0.29) is 5.91 Å². The lowest BCUT2D eigenvalue weighted by atomic mass is 10.2. The van der Waals surface area contributed by atoms with Crippen molar-refractivity contribution in [1.82, 2.24) is 0 Å². The van der Waals surface area contributed by atoms with E-state index in [4.69, 9.17) is 11.0 Å². The molecule has 0 spiro atoms. The first-order valence-corrected chi connectivity index (χ1v) is 5.90. The Morgan fingerprint density at radius 3 is 2.69 bits per heavy atom. The van der Waals surface area contributed by atoms with Gasteiger partial charge in [-0.1, -0.05) is 0 Å². The molecule has 5 heteroatoms. The average molecular weight is 235 g/mol. The molecule has 0 radical (unpaired) electrons. The Hall–Kier alpha value is -1.38. The lowest BCUT2D eigenvalue weighted by molar-refractivity contribution is -0.118. The molecule has 0 bridgehead atoms. The van der Waals surface area contributed by atoms with E-state index in [0.29, 0.717) is 10.6 Å².